The van der Waals surface area contributed by atoms with Crippen LogP contribution in [0.15, 0.2) is 18.2 Å². The fourth-order valence-electron chi connectivity index (χ4n) is 2.36. The van der Waals surface area contributed by atoms with Crippen LogP contribution in [0.5, 0.6) is 5.75 Å². The maximum Gasteiger partial charge on any atom is 0.265 e. The van der Waals surface area contributed by atoms with Gasteiger partial charge in [0, 0.05) is 24.1 Å². The Morgan fingerprint density at radius 1 is 1.30 bits per heavy atom. The van der Waals surface area contributed by atoms with Crippen molar-refractivity contribution in [1.82, 2.24) is 5.32 Å². The summed E-state index contributed by atoms with van der Waals surface area (Å²) in [7, 11) is 0. The minimum absolute atomic E-state index is 0.0622. The summed E-state index contributed by atoms with van der Waals surface area (Å²) in [6.07, 6.45) is 0.187. The molecule has 1 aromatic carbocycles. The van der Waals surface area contributed by atoms with Crippen LogP contribution in [-0.2, 0) is 9.59 Å². The number of benzene rings is 1. The number of ether oxygens (including phenoxy) is 1. The third-order valence-electron chi connectivity index (χ3n) is 3.39. The molecule has 0 atom stereocenters. The third kappa shape index (κ3) is 4.31. The molecule has 0 saturated carbocycles. The highest BCUT2D eigenvalue weighted by Gasteiger charge is 2.27. The molecule has 6 nitrogen and oxygen atoms in total. The summed E-state index contributed by atoms with van der Waals surface area (Å²) >= 11 is 0. The van der Waals surface area contributed by atoms with Gasteiger partial charge in [-0.1, -0.05) is 0 Å². The van der Waals surface area contributed by atoms with E-state index in [-0.39, 0.29) is 42.7 Å². The van der Waals surface area contributed by atoms with Crippen molar-refractivity contribution in [2.75, 3.05) is 18.1 Å². The molecule has 1 N–H and O–H groups in total. The van der Waals surface area contributed by atoms with Gasteiger partial charge in [0.2, 0.25) is 5.91 Å². The van der Waals surface area contributed by atoms with Crippen molar-refractivity contribution in [2.45, 2.75) is 39.7 Å². The molecular formula is C17H22N2O4. The van der Waals surface area contributed by atoms with Gasteiger partial charge in [0.25, 0.3) is 5.91 Å². The molecule has 1 heterocycles. The molecule has 0 bridgehead atoms. The van der Waals surface area contributed by atoms with Crippen molar-refractivity contribution in [3.05, 3.63) is 23.8 Å². The van der Waals surface area contributed by atoms with E-state index in [1.807, 2.05) is 20.8 Å². The average molecular weight is 318 g/mol. The van der Waals surface area contributed by atoms with Gasteiger partial charge in [0.1, 0.15) is 5.75 Å². The molecule has 2 amide bonds. The van der Waals surface area contributed by atoms with Gasteiger partial charge in [-0.2, -0.15) is 0 Å². The predicted octanol–water partition coefficient (Wildman–Crippen LogP) is 1.92. The first-order chi connectivity index (χ1) is 10.7. The lowest BCUT2D eigenvalue weighted by molar-refractivity contribution is -0.123. The maximum atomic E-state index is 12.1. The molecule has 0 unspecified atom stereocenters. The minimum Gasteiger partial charge on any atom is -0.482 e. The van der Waals surface area contributed by atoms with Gasteiger partial charge in [-0.15, -0.1) is 0 Å². The van der Waals surface area contributed by atoms with Crippen molar-refractivity contribution in [2.24, 2.45) is 0 Å². The molecule has 6 heteroatoms. The predicted molar refractivity (Wildman–Crippen MR) is 86.8 cm³/mol. The Kier molecular flexibility index (Phi) is 4.73. The van der Waals surface area contributed by atoms with Crippen molar-refractivity contribution >= 4 is 23.3 Å². The number of Topliss-reactive ketones (excluding diaryl/α,β-unsaturated/α-hetero) is 1. The van der Waals surface area contributed by atoms with E-state index < -0.39 is 0 Å². The summed E-state index contributed by atoms with van der Waals surface area (Å²) in [4.78, 5) is 37.1. The van der Waals surface area contributed by atoms with Gasteiger partial charge in [0.05, 0.1) is 5.69 Å². The monoisotopic (exact) mass is 318 g/mol. The lowest BCUT2D eigenvalue weighted by Gasteiger charge is -2.30. The topological polar surface area (TPSA) is 75.7 Å². The van der Waals surface area contributed by atoms with E-state index in [1.54, 1.807) is 18.2 Å². The number of rotatable bonds is 4. The molecule has 0 aromatic heterocycles. The summed E-state index contributed by atoms with van der Waals surface area (Å²) in [6, 6.07) is 4.98. The second-order valence-corrected chi connectivity index (χ2v) is 6.62. The molecule has 0 fully saturated rings. The fourth-order valence-corrected chi connectivity index (χ4v) is 2.36. The van der Waals surface area contributed by atoms with E-state index in [1.165, 1.54) is 11.8 Å². The van der Waals surface area contributed by atoms with Crippen molar-refractivity contribution in [3.8, 4) is 5.75 Å². The normalized spacial score (nSPS) is 14.1. The summed E-state index contributed by atoms with van der Waals surface area (Å²) in [5.41, 5.74) is 0.731. The van der Waals surface area contributed by atoms with Crippen LogP contribution in [0.1, 0.15) is 44.5 Å². The van der Waals surface area contributed by atoms with E-state index in [0.29, 0.717) is 17.0 Å². The van der Waals surface area contributed by atoms with E-state index in [9.17, 15) is 14.4 Å². The lowest BCUT2D eigenvalue weighted by atomic mass is 10.1. The second-order valence-electron chi connectivity index (χ2n) is 6.62. The number of fused-ring (bicyclic) bond motifs is 1. The number of carbonyl (C=O) groups excluding carboxylic acids is 3. The van der Waals surface area contributed by atoms with Crippen LogP contribution in [-0.4, -0.2) is 36.3 Å². The van der Waals surface area contributed by atoms with E-state index in [4.69, 9.17) is 4.74 Å². The highest BCUT2D eigenvalue weighted by Crippen LogP contribution is 2.33. The molecule has 0 aliphatic carbocycles. The van der Waals surface area contributed by atoms with E-state index >= 15 is 0 Å². The zero-order valence-corrected chi connectivity index (χ0v) is 13.9. The van der Waals surface area contributed by atoms with Crippen LogP contribution >= 0.6 is 0 Å². The van der Waals surface area contributed by atoms with Gasteiger partial charge in [-0.3, -0.25) is 14.4 Å². The first-order valence-corrected chi connectivity index (χ1v) is 7.56. The molecule has 1 aliphatic rings. The van der Waals surface area contributed by atoms with Gasteiger partial charge < -0.3 is 15.0 Å². The Bertz CT molecular complexity index is 646. The molecule has 2 rings (SSSR count). The molecule has 0 saturated heterocycles. The largest absolute Gasteiger partial charge is 0.482 e. The SMILES string of the molecule is CC(=O)c1ccc2c(c1)N(CCC(=O)NC(C)(C)C)C(=O)CO2. The van der Waals surface area contributed by atoms with E-state index in [0.717, 1.165) is 0 Å². The van der Waals surface area contributed by atoms with Gasteiger partial charge in [-0.25, -0.2) is 0 Å². The van der Waals surface area contributed by atoms with Crippen molar-refractivity contribution in [3.63, 3.8) is 0 Å². The van der Waals surface area contributed by atoms with Crippen LogP contribution in [0.25, 0.3) is 0 Å². The number of carbonyl (C=O) groups is 3. The summed E-state index contributed by atoms with van der Waals surface area (Å²) in [6.45, 7) is 7.36. The standard InChI is InChI=1S/C17H22N2O4/c1-11(20)12-5-6-14-13(9-12)19(16(22)10-23-14)8-7-15(21)18-17(2,3)4/h5-6,9H,7-8,10H2,1-4H3,(H,18,21). The Balaban J connectivity index is 2.16. The third-order valence-corrected chi connectivity index (χ3v) is 3.39. The highest BCUT2D eigenvalue weighted by molar-refractivity contribution is 6.01. The van der Waals surface area contributed by atoms with Gasteiger partial charge in [0.15, 0.2) is 12.4 Å². The second kappa shape index (κ2) is 6.40. The number of nitrogens with one attached hydrogen (secondary N) is 1. The Morgan fingerprint density at radius 3 is 2.61 bits per heavy atom. The van der Waals surface area contributed by atoms with Crippen LogP contribution in [0.4, 0.5) is 5.69 Å². The fraction of sp³-hybridized carbons (Fsp3) is 0.471. The number of anilines is 1. The van der Waals surface area contributed by atoms with Gasteiger partial charge >= 0.3 is 0 Å². The average Bonchev–Trinajstić information content (AvgIpc) is 2.43. The number of amides is 2. The first-order valence-electron chi connectivity index (χ1n) is 7.56. The summed E-state index contributed by atoms with van der Waals surface area (Å²) in [5.74, 6) is 0.116. The van der Waals surface area contributed by atoms with Crippen LogP contribution < -0.4 is 15.0 Å². The van der Waals surface area contributed by atoms with Crippen molar-refractivity contribution in [1.29, 1.82) is 0 Å². The zero-order valence-electron chi connectivity index (χ0n) is 13.9. The van der Waals surface area contributed by atoms with Crippen molar-refractivity contribution < 1.29 is 19.1 Å². The van der Waals surface area contributed by atoms with Gasteiger partial charge in [-0.05, 0) is 45.9 Å². The molecule has 1 aliphatic heterocycles. The molecule has 0 radical (unpaired) electrons. The number of hydrogen-bond donors (Lipinski definition) is 1. The Morgan fingerprint density at radius 2 is 2.00 bits per heavy atom. The van der Waals surface area contributed by atoms with Crippen LogP contribution in [0.3, 0.4) is 0 Å². The molecule has 124 valence electrons. The lowest BCUT2D eigenvalue weighted by Crippen LogP contribution is -2.44. The number of nitrogens with zero attached hydrogens (tertiary/aromatic N) is 1. The molecule has 23 heavy (non-hydrogen) atoms. The minimum atomic E-state index is -0.314. The Labute approximate surface area is 135 Å². The number of ketones is 1. The summed E-state index contributed by atoms with van der Waals surface area (Å²) < 4.78 is 5.39. The molecule has 0 spiro atoms. The van der Waals surface area contributed by atoms with Crippen LogP contribution in [0.2, 0.25) is 0 Å². The maximum absolute atomic E-state index is 12.1. The Hall–Kier alpha value is -2.37. The van der Waals surface area contributed by atoms with Crippen LogP contribution in [0, 0.1) is 0 Å². The highest BCUT2D eigenvalue weighted by atomic mass is 16.5. The molecule has 1 aromatic rings. The van der Waals surface area contributed by atoms with E-state index in [2.05, 4.69) is 5.32 Å². The summed E-state index contributed by atoms with van der Waals surface area (Å²) in [5, 5.41) is 2.86. The zero-order chi connectivity index (χ0) is 17.2. The number of hydrogen-bond acceptors (Lipinski definition) is 4. The first kappa shape index (κ1) is 17.0. The quantitative estimate of drug-likeness (QED) is 0.861. The smallest absolute Gasteiger partial charge is 0.265 e. The molecular weight excluding hydrogens is 296 g/mol.